The van der Waals surface area contributed by atoms with Crippen molar-refractivity contribution in [2.24, 2.45) is 0 Å². The number of nitrogens with one attached hydrogen (secondary N) is 1. The topological polar surface area (TPSA) is 39.1 Å². The second-order valence-electron chi connectivity index (χ2n) is 4.85. The van der Waals surface area contributed by atoms with Crippen LogP contribution in [0.15, 0.2) is 16.9 Å². The summed E-state index contributed by atoms with van der Waals surface area (Å²) in [6, 6.07) is 0. The number of nitrogens with zero attached hydrogens (tertiary/aromatic N) is 2. The van der Waals surface area contributed by atoms with Crippen molar-refractivity contribution >= 4 is 15.9 Å². The number of ether oxygens (including phenoxy) is 1. The molecule has 0 radical (unpaired) electrons. The van der Waals surface area contributed by atoms with Crippen LogP contribution in [0.2, 0.25) is 0 Å². The number of halogens is 1. The molecular weight excluding hydrogens is 282 g/mol. The van der Waals surface area contributed by atoms with E-state index in [4.69, 9.17) is 4.74 Å². The van der Waals surface area contributed by atoms with Crippen molar-refractivity contribution in [1.29, 1.82) is 0 Å². The second kappa shape index (κ2) is 5.98. The van der Waals surface area contributed by atoms with Crippen molar-refractivity contribution in [3.63, 3.8) is 0 Å². The Morgan fingerprint density at radius 1 is 1.59 bits per heavy atom. The summed E-state index contributed by atoms with van der Waals surface area (Å²) in [7, 11) is 0. The normalized spacial score (nSPS) is 25.1. The van der Waals surface area contributed by atoms with Gasteiger partial charge in [0.1, 0.15) is 0 Å². The van der Waals surface area contributed by atoms with Gasteiger partial charge in [0.25, 0.3) is 0 Å². The third kappa shape index (κ3) is 4.08. The molecule has 96 valence electrons. The maximum absolute atomic E-state index is 5.83. The summed E-state index contributed by atoms with van der Waals surface area (Å²) in [6.45, 7) is 5.85. The van der Waals surface area contributed by atoms with Crippen LogP contribution in [0.4, 0.5) is 0 Å². The van der Waals surface area contributed by atoms with Crippen molar-refractivity contribution in [3.05, 3.63) is 16.9 Å². The Kier molecular flexibility index (Phi) is 4.59. The van der Waals surface area contributed by atoms with Gasteiger partial charge in [-0.05, 0) is 42.1 Å². The molecule has 0 amide bonds. The van der Waals surface area contributed by atoms with Crippen LogP contribution in [0.3, 0.4) is 0 Å². The van der Waals surface area contributed by atoms with Gasteiger partial charge >= 0.3 is 0 Å². The molecule has 0 aromatic carbocycles. The molecule has 1 N–H and O–H groups in total. The van der Waals surface area contributed by atoms with Crippen molar-refractivity contribution in [1.82, 2.24) is 15.1 Å². The number of hydrogen-bond acceptors (Lipinski definition) is 3. The molecule has 5 heteroatoms. The molecule has 1 aliphatic rings. The summed E-state index contributed by atoms with van der Waals surface area (Å²) in [4.78, 5) is 0. The van der Waals surface area contributed by atoms with Gasteiger partial charge in [-0.1, -0.05) is 0 Å². The molecule has 2 rings (SSSR count). The van der Waals surface area contributed by atoms with E-state index in [2.05, 4.69) is 33.3 Å². The van der Waals surface area contributed by atoms with E-state index in [-0.39, 0.29) is 5.60 Å². The highest BCUT2D eigenvalue weighted by molar-refractivity contribution is 9.10. The van der Waals surface area contributed by atoms with E-state index in [0.29, 0.717) is 0 Å². The molecule has 1 saturated heterocycles. The largest absolute Gasteiger partial charge is 0.374 e. The first-order valence-corrected chi connectivity index (χ1v) is 7.00. The summed E-state index contributed by atoms with van der Waals surface area (Å²) < 4.78 is 8.79. The van der Waals surface area contributed by atoms with Crippen LogP contribution in [0, 0.1) is 0 Å². The number of aromatic nitrogens is 2. The van der Waals surface area contributed by atoms with Gasteiger partial charge in [0.15, 0.2) is 0 Å². The third-order valence-electron chi connectivity index (χ3n) is 3.17. The standard InChI is InChI=1S/C12H20BrN3O/c1-12(4-2-3-7-17-12)10-14-5-6-16-9-11(13)8-15-16/h8-9,14H,2-7,10H2,1H3/t12-/m1/s1. The van der Waals surface area contributed by atoms with E-state index in [1.54, 1.807) is 0 Å². The molecule has 2 heterocycles. The van der Waals surface area contributed by atoms with Gasteiger partial charge in [-0.25, -0.2) is 0 Å². The molecule has 0 spiro atoms. The lowest BCUT2D eigenvalue weighted by atomic mass is 9.96. The van der Waals surface area contributed by atoms with Gasteiger partial charge in [-0.3, -0.25) is 4.68 Å². The second-order valence-corrected chi connectivity index (χ2v) is 5.77. The van der Waals surface area contributed by atoms with Crippen LogP contribution in [0.5, 0.6) is 0 Å². The molecule has 0 saturated carbocycles. The van der Waals surface area contributed by atoms with Crippen molar-refractivity contribution in [3.8, 4) is 0 Å². The lowest BCUT2D eigenvalue weighted by Crippen LogP contribution is -2.43. The lowest BCUT2D eigenvalue weighted by molar-refractivity contribution is -0.0630. The SMILES string of the molecule is C[C@]1(CNCCn2cc(Br)cn2)CCCCO1. The lowest BCUT2D eigenvalue weighted by Gasteiger charge is -2.34. The van der Waals surface area contributed by atoms with Crippen LogP contribution < -0.4 is 5.32 Å². The molecule has 17 heavy (non-hydrogen) atoms. The summed E-state index contributed by atoms with van der Waals surface area (Å²) in [5, 5.41) is 7.67. The van der Waals surface area contributed by atoms with E-state index in [9.17, 15) is 0 Å². The molecule has 0 aliphatic carbocycles. The van der Waals surface area contributed by atoms with E-state index in [1.807, 2.05) is 17.1 Å². The summed E-state index contributed by atoms with van der Waals surface area (Å²) in [6.07, 6.45) is 7.45. The minimum Gasteiger partial charge on any atom is -0.374 e. The average Bonchev–Trinajstić information content (AvgIpc) is 2.72. The smallest absolute Gasteiger partial charge is 0.0778 e. The highest BCUT2D eigenvalue weighted by Gasteiger charge is 2.26. The monoisotopic (exact) mass is 301 g/mol. The van der Waals surface area contributed by atoms with E-state index >= 15 is 0 Å². The quantitative estimate of drug-likeness (QED) is 0.848. The van der Waals surface area contributed by atoms with E-state index < -0.39 is 0 Å². The van der Waals surface area contributed by atoms with Gasteiger partial charge in [0, 0.05) is 25.9 Å². The zero-order valence-electron chi connectivity index (χ0n) is 10.3. The fraction of sp³-hybridized carbons (Fsp3) is 0.750. The molecule has 1 aromatic rings. The fourth-order valence-corrected chi connectivity index (χ4v) is 2.47. The van der Waals surface area contributed by atoms with E-state index in [0.717, 1.165) is 37.1 Å². The third-order valence-corrected chi connectivity index (χ3v) is 3.58. The van der Waals surface area contributed by atoms with E-state index in [1.165, 1.54) is 12.8 Å². The molecule has 0 bridgehead atoms. The Bertz CT molecular complexity index is 347. The van der Waals surface area contributed by atoms with Crippen LogP contribution in [0.1, 0.15) is 26.2 Å². The Labute approximate surface area is 111 Å². The molecule has 1 aromatic heterocycles. The number of hydrogen-bond donors (Lipinski definition) is 1. The zero-order chi connectivity index (χ0) is 12.1. The zero-order valence-corrected chi connectivity index (χ0v) is 11.9. The Hall–Kier alpha value is -0.390. The average molecular weight is 302 g/mol. The predicted molar refractivity (Wildman–Crippen MR) is 71.0 cm³/mol. The first kappa shape index (κ1) is 13.1. The van der Waals surface area contributed by atoms with Crippen LogP contribution in [-0.4, -0.2) is 35.1 Å². The van der Waals surface area contributed by atoms with Gasteiger partial charge in [0.05, 0.1) is 22.8 Å². The maximum atomic E-state index is 5.83. The van der Waals surface area contributed by atoms with Crippen LogP contribution >= 0.6 is 15.9 Å². The molecule has 1 atom stereocenters. The first-order chi connectivity index (χ1) is 8.18. The van der Waals surface area contributed by atoms with Gasteiger partial charge in [0.2, 0.25) is 0 Å². The highest BCUT2D eigenvalue weighted by atomic mass is 79.9. The van der Waals surface area contributed by atoms with Crippen LogP contribution in [0.25, 0.3) is 0 Å². The Morgan fingerprint density at radius 3 is 3.12 bits per heavy atom. The molecule has 1 aliphatic heterocycles. The molecular formula is C12H20BrN3O. The van der Waals surface area contributed by atoms with Crippen LogP contribution in [-0.2, 0) is 11.3 Å². The number of rotatable bonds is 5. The first-order valence-electron chi connectivity index (χ1n) is 6.21. The summed E-state index contributed by atoms with van der Waals surface area (Å²) in [5.41, 5.74) is 0.0307. The van der Waals surface area contributed by atoms with Crippen molar-refractivity contribution in [2.45, 2.75) is 38.3 Å². The minimum absolute atomic E-state index is 0.0307. The summed E-state index contributed by atoms with van der Waals surface area (Å²) >= 11 is 3.39. The van der Waals surface area contributed by atoms with Crippen molar-refractivity contribution < 1.29 is 4.74 Å². The Balaban J connectivity index is 1.65. The fourth-order valence-electron chi connectivity index (χ4n) is 2.14. The van der Waals surface area contributed by atoms with Gasteiger partial charge < -0.3 is 10.1 Å². The predicted octanol–water partition coefficient (Wildman–Crippen LogP) is 2.19. The minimum atomic E-state index is 0.0307. The molecule has 0 unspecified atom stereocenters. The van der Waals surface area contributed by atoms with Gasteiger partial charge in [-0.2, -0.15) is 5.10 Å². The molecule has 4 nitrogen and oxygen atoms in total. The maximum Gasteiger partial charge on any atom is 0.0778 e. The van der Waals surface area contributed by atoms with Crippen molar-refractivity contribution in [2.75, 3.05) is 19.7 Å². The highest BCUT2D eigenvalue weighted by Crippen LogP contribution is 2.23. The Morgan fingerprint density at radius 2 is 2.47 bits per heavy atom. The molecule has 1 fully saturated rings. The summed E-state index contributed by atoms with van der Waals surface area (Å²) in [5.74, 6) is 0. The van der Waals surface area contributed by atoms with Gasteiger partial charge in [-0.15, -0.1) is 0 Å².